The zero-order valence-electron chi connectivity index (χ0n) is 11.0. The molecule has 1 fully saturated rings. The Labute approximate surface area is 109 Å². The fraction of sp³-hybridized carbons (Fsp3) is 0.909. The molecule has 1 N–H and O–H groups in total. The summed E-state index contributed by atoms with van der Waals surface area (Å²) in [4.78, 5) is 11.8. The molecule has 1 rings (SSSR count). The molecule has 0 aromatic rings. The lowest BCUT2D eigenvalue weighted by atomic mass is 10.2. The third kappa shape index (κ3) is 5.32. The summed E-state index contributed by atoms with van der Waals surface area (Å²) >= 11 is 0. The highest BCUT2D eigenvalue weighted by Gasteiger charge is 2.22. The number of rotatable bonds is 7. The minimum Gasteiger partial charge on any atom is -0.383 e. The van der Waals surface area contributed by atoms with Crippen LogP contribution in [0.2, 0.25) is 0 Å². The number of nitrogens with zero attached hydrogens (tertiary/aromatic N) is 1. The number of carbonyl (C=O) groups excluding carboxylic acids is 1. The van der Waals surface area contributed by atoms with Crippen molar-refractivity contribution < 1.29 is 17.9 Å². The van der Waals surface area contributed by atoms with Gasteiger partial charge in [0.1, 0.15) is 0 Å². The van der Waals surface area contributed by atoms with Gasteiger partial charge in [-0.15, -0.1) is 0 Å². The van der Waals surface area contributed by atoms with E-state index in [1.807, 2.05) is 0 Å². The molecule has 0 saturated heterocycles. The zero-order chi connectivity index (χ0) is 13.6. The first-order valence-electron chi connectivity index (χ1n) is 6.17. The van der Waals surface area contributed by atoms with Crippen LogP contribution < -0.4 is 5.32 Å². The van der Waals surface area contributed by atoms with Gasteiger partial charge in [0.05, 0.1) is 19.4 Å². The summed E-state index contributed by atoms with van der Waals surface area (Å²) < 4.78 is 29.0. The van der Waals surface area contributed by atoms with Gasteiger partial charge in [0.15, 0.2) is 0 Å². The van der Waals surface area contributed by atoms with E-state index >= 15 is 0 Å². The maximum absolute atomic E-state index is 11.8. The topological polar surface area (TPSA) is 75.7 Å². The molecule has 0 bridgehead atoms. The van der Waals surface area contributed by atoms with Gasteiger partial charge in [-0.3, -0.25) is 4.79 Å². The highest BCUT2D eigenvalue weighted by atomic mass is 32.2. The van der Waals surface area contributed by atoms with Crippen LogP contribution in [-0.2, 0) is 19.6 Å². The number of sulfonamides is 1. The van der Waals surface area contributed by atoms with Gasteiger partial charge in [0.25, 0.3) is 0 Å². The molecule has 0 spiro atoms. The fourth-order valence-corrected chi connectivity index (χ4v) is 2.82. The van der Waals surface area contributed by atoms with E-state index in [2.05, 4.69) is 5.32 Å². The highest BCUT2D eigenvalue weighted by Crippen LogP contribution is 2.17. The molecule has 0 aromatic carbocycles. The molecule has 1 aliphatic carbocycles. The van der Waals surface area contributed by atoms with E-state index in [-0.39, 0.29) is 31.6 Å². The van der Waals surface area contributed by atoms with Gasteiger partial charge in [-0.05, 0) is 12.8 Å². The first-order valence-corrected chi connectivity index (χ1v) is 8.01. The molecule has 0 aromatic heterocycles. The summed E-state index contributed by atoms with van der Waals surface area (Å²) in [5.41, 5.74) is 0. The summed E-state index contributed by atoms with van der Waals surface area (Å²) in [6.45, 7) is 0.357. The van der Waals surface area contributed by atoms with Crippen molar-refractivity contribution in [1.29, 1.82) is 0 Å². The van der Waals surface area contributed by atoms with Crippen molar-refractivity contribution in [2.45, 2.75) is 31.7 Å². The maximum Gasteiger partial charge on any atom is 0.235 e. The average Bonchev–Trinajstić information content (AvgIpc) is 2.75. The number of carbonyl (C=O) groups is 1. The lowest BCUT2D eigenvalue weighted by molar-refractivity contribution is -0.122. The molecule has 0 aliphatic heterocycles. The van der Waals surface area contributed by atoms with Gasteiger partial charge < -0.3 is 10.1 Å². The van der Waals surface area contributed by atoms with Crippen molar-refractivity contribution in [2.24, 2.45) is 0 Å². The average molecular weight is 278 g/mol. The van der Waals surface area contributed by atoms with Gasteiger partial charge in [-0.25, -0.2) is 8.42 Å². The van der Waals surface area contributed by atoms with E-state index in [1.54, 1.807) is 0 Å². The Morgan fingerprint density at radius 1 is 1.39 bits per heavy atom. The van der Waals surface area contributed by atoms with Crippen molar-refractivity contribution in [3.05, 3.63) is 0 Å². The smallest absolute Gasteiger partial charge is 0.235 e. The molecular weight excluding hydrogens is 256 g/mol. The third-order valence-electron chi connectivity index (χ3n) is 3.05. The highest BCUT2D eigenvalue weighted by molar-refractivity contribution is 7.88. The number of methoxy groups -OCH3 is 1. The number of amides is 1. The second-order valence-corrected chi connectivity index (χ2v) is 6.62. The summed E-state index contributed by atoms with van der Waals surface area (Å²) in [5.74, 6) is -0.233. The number of nitrogens with one attached hydrogen (secondary N) is 1. The minimum atomic E-state index is -3.37. The molecule has 1 saturated carbocycles. The Bertz CT molecular complexity index is 363. The molecular formula is C11H22N2O4S. The van der Waals surface area contributed by atoms with E-state index in [9.17, 15) is 13.2 Å². The Kier molecular flexibility index (Phi) is 6.04. The summed E-state index contributed by atoms with van der Waals surface area (Å²) in [6, 6.07) is 0.210. The van der Waals surface area contributed by atoms with Crippen molar-refractivity contribution in [3.63, 3.8) is 0 Å². The number of hydrogen-bond donors (Lipinski definition) is 1. The normalized spacial score (nSPS) is 17.3. The Morgan fingerprint density at radius 2 is 2.00 bits per heavy atom. The van der Waals surface area contributed by atoms with E-state index in [1.165, 1.54) is 7.11 Å². The van der Waals surface area contributed by atoms with Crippen LogP contribution in [0.3, 0.4) is 0 Å². The van der Waals surface area contributed by atoms with Crippen LogP contribution in [0.5, 0.6) is 0 Å². The predicted octanol–water partition coefficient (Wildman–Crippen LogP) is -0.0468. The standard InChI is InChI=1S/C11H22N2O4S/c1-17-8-7-13(18(2,15)16)9-11(14)12-10-5-3-4-6-10/h10H,3-9H2,1-2H3,(H,12,14). The second kappa shape index (κ2) is 7.06. The van der Waals surface area contributed by atoms with Gasteiger partial charge >= 0.3 is 0 Å². The molecule has 106 valence electrons. The lowest BCUT2D eigenvalue weighted by Gasteiger charge is -2.20. The molecule has 7 heteroatoms. The molecule has 0 unspecified atom stereocenters. The van der Waals surface area contributed by atoms with Crippen molar-refractivity contribution in [3.8, 4) is 0 Å². The van der Waals surface area contributed by atoms with Crippen molar-refractivity contribution in [2.75, 3.05) is 33.1 Å². The monoisotopic (exact) mass is 278 g/mol. The molecule has 6 nitrogen and oxygen atoms in total. The Hall–Kier alpha value is -0.660. The lowest BCUT2D eigenvalue weighted by Crippen LogP contribution is -2.44. The molecule has 18 heavy (non-hydrogen) atoms. The van der Waals surface area contributed by atoms with Crippen LogP contribution in [0.4, 0.5) is 0 Å². The molecule has 0 radical (unpaired) electrons. The third-order valence-corrected chi connectivity index (χ3v) is 4.30. The minimum absolute atomic E-state index is 0.126. The van der Waals surface area contributed by atoms with E-state index in [0.717, 1.165) is 36.2 Å². The zero-order valence-corrected chi connectivity index (χ0v) is 11.8. The Balaban J connectivity index is 2.46. The van der Waals surface area contributed by atoms with Crippen LogP contribution in [0, 0.1) is 0 Å². The van der Waals surface area contributed by atoms with Crippen LogP contribution in [0.1, 0.15) is 25.7 Å². The maximum atomic E-state index is 11.8. The fourth-order valence-electron chi connectivity index (χ4n) is 2.06. The van der Waals surface area contributed by atoms with E-state index in [0.29, 0.717) is 0 Å². The van der Waals surface area contributed by atoms with Crippen molar-refractivity contribution >= 4 is 15.9 Å². The first-order chi connectivity index (χ1) is 8.43. The molecule has 0 atom stereocenters. The van der Waals surface area contributed by atoms with Crippen LogP contribution in [0.25, 0.3) is 0 Å². The number of ether oxygens (including phenoxy) is 1. The summed E-state index contributed by atoms with van der Waals surface area (Å²) in [6.07, 6.45) is 5.34. The van der Waals surface area contributed by atoms with Crippen LogP contribution >= 0.6 is 0 Å². The van der Waals surface area contributed by atoms with Gasteiger partial charge in [0, 0.05) is 19.7 Å². The summed E-state index contributed by atoms with van der Waals surface area (Å²) in [5, 5.41) is 2.87. The van der Waals surface area contributed by atoms with Gasteiger partial charge in [0.2, 0.25) is 15.9 Å². The SMILES string of the molecule is COCCN(CC(=O)NC1CCCC1)S(C)(=O)=O. The molecule has 1 amide bonds. The largest absolute Gasteiger partial charge is 0.383 e. The molecule has 1 aliphatic rings. The second-order valence-electron chi connectivity index (χ2n) is 4.64. The Morgan fingerprint density at radius 3 is 2.50 bits per heavy atom. The van der Waals surface area contributed by atoms with Crippen LogP contribution in [0.15, 0.2) is 0 Å². The molecule has 0 heterocycles. The summed E-state index contributed by atoms with van der Waals surface area (Å²) in [7, 11) is -1.87. The quantitative estimate of drug-likeness (QED) is 0.708. The van der Waals surface area contributed by atoms with Crippen LogP contribution in [-0.4, -0.2) is 57.7 Å². The van der Waals surface area contributed by atoms with Gasteiger partial charge in [-0.2, -0.15) is 4.31 Å². The van der Waals surface area contributed by atoms with E-state index < -0.39 is 10.0 Å². The predicted molar refractivity (Wildman–Crippen MR) is 68.7 cm³/mol. The van der Waals surface area contributed by atoms with E-state index in [4.69, 9.17) is 4.74 Å². The first kappa shape index (κ1) is 15.4. The van der Waals surface area contributed by atoms with Gasteiger partial charge in [-0.1, -0.05) is 12.8 Å². The van der Waals surface area contributed by atoms with Crippen molar-refractivity contribution in [1.82, 2.24) is 9.62 Å². The number of hydrogen-bond acceptors (Lipinski definition) is 4.